The standard InChI is InChI=1S/C11H18F2N2O2/c1-11(2,3)5-4-8-14-9(17-15-8)6-7(16)10(12)13/h7,10,16H,4-6H2,1-3H3. The van der Waals surface area contributed by atoms with Crippen molar-refractivity contribution in [1.82, 2.24) is 10.1 Å². The van der Waals surface area contributed by atoms with Gasteiger partial charge in [0.05, 0.1) is 6.42 Å². The van der Waals surface area contributed by atoms with Gasteiger partial charge in [0.25, 0.3) is 6.43 Å². The normalized spacial score (nSPS) is 14.3. The van der Waals surface area contributed by atoms with Crippen LogP contribution < -0.4 is 0 Å². The molecule has 0 aliphatic heterocycles. The second-order valence-corrected chi connectivity index (χ2v) is 5.27. The molecule has 17 heavy (non-hydrogen) atoms. The molecule has 0 aliphatic carbocycles. The van der Waals surface area contributed by atoms with Gasteiger partial charge < -0.3 is 9.63 Å². The first kappa shape index (κ1) is 14.0. The molecular formula is C11H18F2N2O2. The summed E-state index contributed by atoms with van der Waals surface area (Å²) in [4.78, 5) is 3.96. The molecule has 1 aromatic rings. The molecule has 0 spiro atoms. The van der Waals surface area contributed by atoms with E-state index in [1.807, 2.05) is 0 Å². The topological polar surface area (TPSA) is 59.2 Å². The number of rotatable bonds is 5. The van der Waals surface area contributed by atoms with Crippen LogP contribution in [0.25, 0.3) is 0 Å². The van der Waals surface area contributed by atoms with Gasteiger partial charge in [0, 0.05) is 6.42 Å². The average Bonchev–Trinajstić information content (AvgIpc) is 2.61. The van der Waals surface area contributed by atoms with E-state index in [0.717, 1.165) is 6.42 Å². The van der Waals surface area contributed by atoms with Crippen LogP contribution in [0.3, 0.4) is 0 Å². The summed E-state index contributed by atoms with van der Waals surface area (Å²) in [6.07, 6.45) is -3.33. The number of alkyl halides is 2. The summed E-state index contributed by atoms with van der Waals surface area (Å²) in [7, 11) is 0. The van der Waals surface area contributed by atoms with E-state index in [1.165, 1.54) is 0 Å². The molecule has 0 radical (unpaired) electrons. The molecule has 1 N–H and O–H groups in total. The van der Waals surface area contributed by atoms with Crippen LogP contribution in [-0.4, -0.2) is 27.8 Å². The first-order valence-electron chi connectivity index (χ1n) is 5.55. The molecule has 6 heteroatoms. The lowest BCUT2D eigenvalue weighted by molar-refractivity contribution is -0.00754. The maximum Gasteiger partial charge on any atom is 0.264 e. The van der Waals surface area contributed by atoms with Gasteiger partial charge in [0.2, 0.25) is 5.89 Å². The number of hydrogen-bond acceptors (Lipinski definition) is 4. The summed E-state index contributed by atoms with van der Waals surface area (Å²) in [6, 6.07) is 0. The molecule has 0 saturated heterocycles. The van der Waals surface area contributed by atoms with Crippen LogP contribution in [0.2, 0.25) is 0 Å². The quantitative estimate of drug-likeness (QED) is 0.868. The lowest BCUT2D eigenvalue weighted by atomic mass is 9.90. The average molecular weight is 248 g/mol. The Morgan fingerprint density at radius 3 is 2.53 bits per heavy atom. The Labute approximate surface area is 99.0 Å². The SMILES string of the molecule is CC(C)(C)CCc1noc(CC(O)C(F)F)n1. The first-order valence-corrected chi connectivity index (χ1v) is 5.55. The molecule has 1 heterocycles. The van der Waals surface area contributed by atoms with Gasteiger partial charge in [-0.3, -0.25) is 0 Å². The van der Waals surface area contributed by atoms with Crippen molar-refractivity contribution in [2.45, 2.75) is 52.6 Å². The number of nitrogens with zero attached hydrogens (tertiary/aromatic N) is 2. The minimum Gasteiger partial charge on any atom is -0.387 e. The highest BCUT2D eigenvalue weighted by Gasteiger charge is 2.21. The summed E-state index contributed by atoms with van der Waals surface area (Å²) in [5.41, 5.74) is 0.156. The first-order chi connectivity index (χ1) is 7.78. The minimum absolute atomic E-state index is 0.0571. The van der Waals surface area contributed by atoms with Gasteiger partial charge in [-0.25, -0.2) is 8.78 Å². The Morgan fingerprint density at radius 2 is 2.00 bits per heavy atom. The molecule has 1 rings (SSSR count). The lowest BCUT2D eigenvalue weighted by Gasteiger charge is -2.15. The lowest BCUT2D eigenvalue weighted by Crippen LogP contribution is -2.20. The fraction of sp³-hybridized carbons (Fsp3) is 0.818. The highest BCUT2D eigenvalue weighted by Crippen LogP contribution is 2.20. The van der Waals surface area contributed by atoms with Gasteiger partial charge >= 0.3 is 0 Å². The third kappa shape index (κ3) is 5.21. The van der Waals surface area contributed by atoms with Crippen LogP contribution in [-0.2, 0) is 12.8 Å². The van der Waals surface area contributed by atoms with E-state index in [-0.39, 0.29) is 17.7 Å². The van der Waals surface area contributed by atoms with Crippen molar-refractivity contribution < 1.29 is 18.4 Å². The Hall–Kier alpha value is -1.04. The number of aryl methyl sites for hydroxylation is 1. The highest BCUT2D eigenvalue weighted by atomic mass is 19.3. The predicted octanol–water partition coefficient (Wildman–Crippen LogP) is 2.22. The molecule has 0 saturated carbocycles. The molecule has 4 nitrogen and oxygen atoms in total. The van der Waals surface area contributed by atoms with Crippen LogP contribution in [0, 0.1) is 5.41 Å². The maximum absolute atomic E-state index is 12.1. The zero-order valence-electron chi connectivity index (χ0n) is 10.3. The van der Waals surface area contributed by atoms with E-state index in [0.29, 0.717) is 12.2 Å². The van der Waals surface area contributed by atoms with E-state index in [9.17, 15) is 8.78 Å². The Kier molecular flexibility index (Phi) is 4.56. The van der Waals surface area contributed by atoms with Crippen molar-refractivity contribution in [3.63, 3.8) is 0 Å². The third-order valence-corrected chi connectivity index (χ3v) is 2.28. The van der Waals surface area contributed by atoms with Gasteiger partial charge in [-0.05, 0) is 11.8 Å². The van der Waals surface area contributed by atoms with Crippen molar-refractivity contribution in [2.75, 3.05) is 0 Å². The van der Waals surface area contributed by atoms with Crippen molar-refractivity contribution in [1.29, 1.82) is 0 Å². The largest absolute Gasteiger partial charge is 0.387 e. The predicted molar refractivity (Wildman–Crippen MR) is 57.8 cm³/mol. The van der Waals surface area contributed by atoms with Crippen molar-refractivity contribution >= 4 is 0 Å². The Balaban J connectivity index is 2.48. The van der Waals surface area contributed by atoms with E-state index in [2.05, 4.69) is 30.9 Å². The molecule has 0 bridgehead atoms. The number of hydrogen-bond donors (Lipinski definition) is 1. The van der Waals surface area contributed by atoms with Crippen LogP contribution in [0.4, 0.5) is 8.78 Å². The number of aliphatic hydroxyl groups is 1. The van der Waals surface area contributed by atoms with Crippen LogP contribution >= 0.6 is 0 Å². The monoisotopic (exact) mass is 248 g/mol. The van der Waals surface area contributed by atoms with E-state index >= 15 is 0 Å². The fourth-order valence-corrected chi connectivity index (χ4v) is 1.23. The van der Waals surface area contributed by atoms with E-state index in [1.54, 1.807) is 0 Å². The summed E-state index contributed by atoms with van der Waals surface area (Å²) < 4.78 is 29.0. The third-order valence-electron chi connectivity index (χ3n) is 2.28. The summed E-state index contributed by atoms with van der Waals surface area (Å²) in [5, 5.41) is 12.7. The molecule has 0 fully saturated rings. The zero-order chi connectivity index (χ0) is 13.1. The van der Waals surface area contributed by atoms with Crippen LogP contribution in [0.5, 0.6) is 0 Å². The van der Waals surface area contributed by atoms with Crippen molar-refractivity contribution in [3.05, 3.63) is 11.7 Å². The van der Waals surface area contributed by atoms with Gasteiger partial charge in [-0.1, -0.05) is 25.9 Å². The van der Waals surface area contributed by atoms with Crippen molar-refractivity contribution in [3.8, 4) is 0 Å². The maximum atomic E-state index is 12.1. The second-order valence-electron chi connectivity index (χ2n) is 5.27. The molecule has 1 unspecified atom stereocenters. The van der Waals surface area contributed by atoms with Gasteiger partial charge in [0.1, 0.15) is 6.10 Å². The Bertz CT molecular complexity index is 347. The number of halogens is 2. The van der Waals surface area contributed by atoms with Crippen LogP contribution in [0.15, 0.2) is 4.52 Å². The fourth-order valence-electron chi connectivity index (χ4n) is 1.23. The smallest absolute Gasteiger partial charge is 0.264 e. The van der Waals surface area contributed by atoms with Crippen molar-refractivity contribution in [2.24, 2.45) is 5.41 Å². The summed E-state index contributed by atoms with van der Waals surface area (Å²) in [6.45, 7) is 6.28. The molecule has 0 aromatic carbocycles. The van der Waals surface area contributed by atoms with Crippen LogP contribution in [0.1, 0.15) is 38.9 Å². The molecule has 0 aliphatic rings. The van der Waals surface area contributed by atoms with Gasteiger partial charge in [0.15, 0.2) is 5.82 Å². The number of aromatic nitrogens is 2. The molecule has 1 atom stereocenters. The summed E-state index contributed by atoms with van der Waals surface area (Å²) in [5.74, 6) is 0.554. The summed E-state index contributed by atoms with van der Waals surface area (Å²) >= 11 is 0. The molecule has 98 valence electrons. The highest BCUT2D eigenvalue weighted by molar-refractivity contribution is 4.89. The molecule has 1 aromatic heterocycles. The Morgan fingerprint density at radius 1 is 1.35 bits per heavy atom. The number of aliphatic hydroxyl groups excluding tert-OH is 1. The van der Waals surface area contributed by atoms with Gasteiger partial charge in [-0.15, -0.1) is 0 Å². The van der Waals surface area contributed by atoms with E-state index in [4.69, 9.17) is 9.63 Å². The minimum atomic E-state index is -2.79. The molecule has 0 amide bonds. The van der Waals surface area contributed by atoms with E-state index < -0.39 is 12.5 Å². The zero-order valence-corrected chi connectivity index (χ0v) is 10.3. The second kappa shape index (κ2) is 5.53. The molecular weight excluding hydrogens is 230 g/mol. The van der Waals surface area contributed by atoms with Gasteiger partial charge in [-0.2, -0.15) is 4.98 Å².